The predicted molar refractivity (Wildman–Crippen MR) is 65.1 cm³/mol. The first kappa shape index (κ1) is 12.7. The first-order valence-electron chi connectivity index (χ1n) is 5.71. The van der Waals surface area contributed by atoms with Crippen LogP contribution in [0.25, 0.3) is 0 Å². The summed E-state index contributed by atoms with van der Waals surface area (Å²) in [6.07, 6.45) is 4.01. The number of aromatic nitrogens is 2. The van der Waals surface area contributed by atoms with Crippen molar-refractivity contribution in [2.75, 3.05) is 7.05 Å². The third kappa shape index (κ3) is 2.41. The smallest absolute Gasteiger partial charge is 0.163 e. The Morgan fingerprint density at radius 1 is 1.39 bits per heavy atom. The van der Waals surface area contributed by atoms with Crippen LogP contribution in [0.1, 0.15) is 17.4 Å². The summed E-state index contributed by atoms with van der Waals surface area (Å²) >= 11 is 0. The van der Waals surface area contributed by atoms with Gasteiger partial charge in [-0.1, -0.05) is 12.1 Å². The molecule has 0 radical (unpaired) electrons. The Labute approximate surface area is 104 Å². The molecule has 0 aliphatic heterocycles. The Balaban J connectivity index is 2.29. The lowest BCUT2D eigenvalue weighted by atomic mass is 10.0. The second kappa shape index (κ2) is 5.27. The number of benzene rings is 1. The van der Waals surface area contributed by atoms with Crippen molar-refractivity contribution < 1.29 is 8.78 Å². The third-order valence-electron chi connectivity index (χ3n) is 3.01. The van der Waals surface area contributed by atoms with Crippen molar-refractivity contribution in [1.29, 1.82) is 0 Å². The molecule has 18 heavy (non-hydrogen) atoms. The maximum Gasteiger partial charge on any atom is 0.163 e. The van der Waals surface area contributed by atoms with Crippen LogP contribution in [0.4, 0.5) is 8.78 Å². The normalized spacial score (nSPS) is 12.7. The van der Waals surface area contributed by atoms with E-state index in [4.69, 9.17) is 0 Å². The van der Waals surface area contributed by atoms with Crippen molar-refractivity contribution in [3.63, 3.8) is 0 Å². The number of hydrogen-bond donors (Lipinski definition) is 1. The van der Waals surface area contributed by atoms with Gasteiger partial charge < -0.3 is 9.88 Å². The average Bonchev–Trinajstić information content (AvgIpc) is 2.76. The molecule has 1 aromatic carbocycles. The number of aryl methyl sites for hydroxylation is 1. The summed E-state index contributed by atoms with van der Waals surface area (Å²) in [4.78, 5) is 4.19. The molecule has 0 bridgehead atoms. The average molecular weight is 251 g/mol. The van der Waals surface area contributed by atoms with Crippen molar-refractivity contribution in [1.82, 2.24) is 14.9 Å². The van der Waals surface area contributed by atoms with Crippen LogP contribution in [0.3, 0.4) is 0 Å². The number of imidazole rings is 1. The minimum atomic E-state index is -0.826. The summed E-state index contributed by atoms with van der Waals surface area (Å²) in [5.74, 6) is -0.809. The van der Waals surface area contributed by atoms with Crippen LogP contribution < -0.4 is 5.32 Å². The van der Waals surface area contributed by atoms with E-state index in [1.165, 1.54) is 6.07 Å². The molecule has 2 rings (SSSR count). The highest BCUT2D eigenvalue weighted by atomic mass is 19.2. The van der Waals surface area contributed by atoms with Gasteiger partial charge in [0.2, 0.25) is 0 Å². The maximum atomic E-state index is 13.7. The van der Waals surface area contributed by atoms with Gasteiger partial charge >= 0.3 is 0 Å². The van der Waals surface area contributed by atoms with Crippen LogP contribution in [-0.4, -0.2) is 16.6 Å². The molecule has 1 heterocycles. The van der Waals surface area contributed by atoms with E-state index in [0.29, 0.717) is 12.0 Å². The van der Waals surface area contributed by atoms with E-state index < -0.39 is 11.6 Å². The second-order valence-corrected chi connectivity index (χ2v) is 4.14. The van der Waals surface area contributed by atoms with Gasteiger partial charge in [-0.05, 0) is 13.1 Å². The van der Waals surface area contributed by atoms with Gasteiger partial charge in [-0.2, -0.15) is 0 Å². The Morgan fingerprint density at radius 2 is 2.17 bits per heavy atom. The lowest BCUT2D eigenvalue weighted by molar-refractivity contribution is 0.468. The minimum absolute atomic E-state index is 0.304. The molecule has 1 unspecified atom stereocenters. The van der Waals surface area contributed by atoms with Crippen LogP contribution in [0.5, 0.6) is 0 Å². The van der Waals surface area contributed by atoms with Crippen LogP contribution in [-0.2, 0) is 13.5 Å². The molecular weight excluding hydrogens is 236 g/mol. The van der Waals surface area contributed by atoms with Crippen LogP contribution in [0.15, 0.2) is 30.6 Å². The standard InChI is InChI=1S/C13H15F2N3/c1-16-11(8-12-17-6-7-18(12)2)9-4-3-5-10(14)13(9)15/h3-7,11,16H,8H2,1-2H3. The fourth-order valence-corrected chi connectivity index (χ4v) is 1.93. The van der Waals surface area contributed by atoms with Gasteiger partial charge in [0, 0.05) is 37.5 Å². The van der Waals surface area contributed by atoms with E-state index in [1.54, 1.807) is 19.3 Å². The first-order chi connectivity index (χ1) is 8.63. The van der Waals surface area contributed by atoms with E-state index >= 15 is 0 Å². The largest absolute Gasteiger partial charge is 0.338 e. The molecule has 0 saturated carbocycles. The number of hydrogen-bond acceptors (Lipinski definition) is 2. The summed E-state index contributed by atoms with van der Waals surface area (Å²) in [7, 11) is 3.59. The number of nitrogens with one attached hydrogen (secondary N) is 1. The molecule has 2 aromatic rings. The quantitative estimate of drug-likeness (QED) is 0.902. The molecule has 5 heteroatoms. The van der Waals surface area contributed by atoms with Crippen molar-refractivity contribution in [2.24, 2.45) is 7.05 Å². The number of nitrogens with zero attached hydrogens (tertiary/aromatic N) is 2. The van der Waals surface area contributed by atoms with Crippen LogP contribution in [0.2, 0.25) is 0 Å². The van der Waals surface area contributed by atoms with Gasteiger partial charge in [-0.25, -0.2) is 13.8 Å². The SMILES string of the molecule is CNC(Cc1nccn1C)c1cccc(F)c1F. The van der Waals surface area contributed by atoms with Gasteiger partial charge in [0.1, 0.15) is 5.82 Å². The summed E-state index contributed by atoms with van der Waals surface area (Å²) in [6.45, 7) is 0. The lowest BCUT2D eigenvalue weighted by Crippen LogP contribution is -2.22. The molecule has 1 N–H and O–H groups in total. The Morgan fingerprint density at radius 3 is 2.78 bits per heavy atom. The molecule has 0 saturated heterocycles. The third-order valence-corrected chi connectivity index (χ3v) is 3.01. The molecule has 0 spiro atoms. The van der Waals surface area contributed by atoms with E-state index in [1.807, 2.05) is 17.8 Å². The fourth-order valence-electron chi connectivity index (χ4n) is 1.93. The van der Waals surface area contributed by atoms with Crippen molar-refractivity contribution in [3.8, 4) is 0 Å². The van der Waals surface area contributed by atoms with Gasteiger partial charge in [-0.3, -0.25) is 0 Å². The molecule has 0 amide bonds. The van der Waals surface area contributed by atoms with Crippen LogP contribution in [0, 0.1) is 11.6 Å². The number of halogens is 2. The lowest BCUT2D eigenvalue weighted by Gasteiger charge is -2.17. The Hall–Kier alpha value is -1.75. The molecule has 0 fully saturated rings. The topological polar surface area (TPSA) is 29.9 Å². The zero-order valence-corrected chi connectivity index (χ0v) is 10.3. The molecule has 96 valence electrons. The monoisotopic (exact) mass is 251 g/mol. The van der Waals surface area contributed by atoms with E-state index in [2.05, 4.69) is 10.3 Å². The summed E-state index contributed by atoms with van der Waals surface area (Å²) in [5.41, 5.74) is 0.320. The van der Waals surface area contributed by atoms with Gasteiger partial charge in [-0.15, -0.1) is 0 Å². The molecule has 3 nitrogen and oxygen atoms in total. The van der Waals surface area contributed by atoms with Crippen molar-refractivity contribution >= 4 is 0 Å². The Bertz CT molecular complexity index is 537. The molecule has 1 atom stereocenters. The van der Waals surface area contributed by atoms with Gasteiger partial charge in [0.15, 0.2) is 11.6 Å². The maximum absolute atomic E-state index is 13.7. The molecule has 0 aliphatic rings. The fraction of sp³-hybridized carbons (Fsp3) is 0.308. The summed E-state index contributed by atoms with van der Waals surface area (Å²) in [5, 5.41) is 2.99. The number of rotatable bonds is 4. The highest BCUT2D eigenvalue weighted by Crippen LogP contribution is 2.21. The summed E-state index contributed by atoms with van der Waals surface area (Å²) < 4.78 is 28.8. The Kier molecular flexibility index (Phi) is 3.72. The highest BCUT2D eigenvalue weighted by Gasteiger charge is 2.18. The number of likely N-dealkylation sites (N-methyl/N-ethyl adjacent to an activating group) is 1. The predicted octanol–water partition coefficient (Wildman–Crippen LogP) is 2.20. The second-order valence-electron chi connectivity index (χ2n) is 4.14. The summed E-state index contributed by atoms with van der Waals surface area (Å²) in [6, 6.07) is 3.91. The molecule has 0 aliphatic carbocycles. The zero-order valence-electron chi connectivity index (χ0n) is 10.3. The zero-order chi connectivity index (χ0) is 13.1. The van der Waals surface area contributed by atoms with E-state index in [0.717, 1.165) is 11.9 Å². The van der Waals surface area contributed by atoms with Gasteiger partial charge in [0.05, 0.1) is 0 Å². The minimum Gasteiger partial charge on any atom is -0.338 e. The van der Waals surface area contributed by atoms with Crippen molar-refractivity contribution in [3.05, 3.63) is 53.6 Å². The highest BCUT2D eigenvalue weighted by molar-refractivity contribution is 5.23. The first-order valence-corrected chi connectivity index (χ1v) is 5.71. The van der Waals surface area contributed by atoms with Gasteiger partial charge in [0.25, 0.3) is 0 Å². The van der Waals surface area contributed by atoms with Crippen LogP contribution >= 0.6 is 0 Å². The molecule has 1 aromatic heterocycles. The molecular formula is C13H15F2N3. The van der Waals surface area contributed by atoms with E-state index in [9.17, 15) is 8.78 Å². The van der Waals surface area contributed by atoms with E-state index in [-0.39, 0.29) is 6.04 Å². The van der Waals surface area contributed by atoms with Crippen molar-refractivity contribution in [2.45, 2.75) is 12.5 Å².